The summed E-state index contributed by atoms with van der Waals surface area (Å²) in [5.41, 5.74) is 0.371. The van der Waals surface area contributed by atoms with E-state index in [2.05, 4.69) is 31.1 Å². The Labute approximate surface area is 94.4 Å². The summed E-state index contributed by atoms with van der Waals surface area (Å²) < 4.78 is 0. The van der Waals surface area contributed by atoms with Gasteiger partial charge >= 0.3 is 0 Å². The maximum atomic E-state index is 3.70. The summed E-state index contributed by atoms with van der Waals surface area (Å²) in [5, 5.41) is 3.70. The molecule has 2 heteroatoms. The lowest BCUT2D eigenvalue weighted by molar-refractivity contribution is 0.146. The lowest BCUT2D eigenvalue weighted by atomic mass is 9.90. The van der Waals surface area contributed by atoms with E-state index in [1.165, 1.54) is 45.2 Å². The molecule has 1 N–H and O–H groups in total. The summed E-state index contributed by atoms with van der Waals surface area (Å²) in [6.45, 7) is 7.21. The van der Waals surface area contributed by atoms with E-state index in [0.29, 0.717) is 5.54 Å². The molecule has 2 fully saturated rings. The summed E-state index contributed by atoms with van der Waals surface area (Å²) in [4.78, 5) is 2.57. The number of nitrogens with one attached hydrogen (secondary N) is 1. The number of likely N-dealkylation sites (N-methyl/N-ethyl adjacent to an activating group) is 1. The van der Waals surface area contributed by atoms with Gasteiger partial charge in [0.25, 0.3) is 0 Å². The van der Waals surface area contributed by atoms with Crippen LogP contribution in [0, 0.1) is 5.92 Å². The quantitative estimate of drug-likeness (QED) is 0.765. The molecule has 0 spiro atoms. The Balaban J connectivity index is 1.82. The van der Waals surface area contributed by atoms with Crippen molar-refractivity contribution in [2.75, 3.05) is 20.1 Å². The van der Waals surface area contributed by atoms with Gasteiger partial charge in [-0.2, -0.15) is 0 Å². The Morgan fingerprint density at radius 1 is 1.40 bits per heavy atom. The Bertz CT molecular complexity index is 205. The van der Waals surface area contributed by atoms with Crippen molar-refractivity contribution in [1.82, 2.24) is 10.2 Å². The molecule has 2 rings (SSSR count). The molecule has 0 amide bonds. The normalized spacial score (nSPS) is 34.4. The van der Waals surface area contributed by atoms with Gasteiger partial charge in [-0.25, -0.2) is 0 Å². The molecule has 2 atom stereocenters. The third-order valence-corrected chi connectivity index (χ3v) is 4.30. The van der Waals surface area contributed by atoms with Gasteiger partial charge in [-0.05, 0) is 59.0 Å². The van der Waals surface area contributed by atoms with E-state index in [0.717, 1.165) is 12.0 Å². The largest absolute Gasteiger partial charge is 0.310 e. The highest BCUT2D eigenvalue weighted by atomic mass is 15.2. The molecule has 1 aliphatic carbocycles. The summed E-state index contributed by atoms with van der Waals surface area (Å²) in [6, 6.07) is 0.783. The summed E-state index contributed by atoms with van der Waals surface area (Å²) in [6.07, 6.45) is 7.01. The van der Waals surface area contributed by atoms with Gasteiger partial charge in [0.1, 0.15) is 0 Å². The molecule has 0 radical (unpaired) electrons. The smallest absolute Gasteiger partial charge is 0.0280 e. The van der Waals surface area contributed by atoms with Crippen molar-refractivity contribution < 1.29 is 0 Å². The van der Waals surface area contributed by atoms with Crippen LogP contribution in [-0.4, -0.2) is 36.6 Å². The SMILES string of the molecule is CC(C1CC1)N(C)CC1(C)CCCCN1. The van der Waals surface area contributed by atoms with Crippen LogP contribution in [-0.2, 0) is 0 Å². The van der Waals surface area contributed by atoms with Crippen LogP contribution in [0.1, 0.15) is 46.0 Å². The van der Waals surface area contributed by atoms with Crippen LogP contribution < -0.4 is 5.32 Å². The van der Waals surface area contributed by atoms with Gasteiger partial charge in [-0.3, -0.25) is 0 Å². The Morgan fingerprint density at radius 2 is 2.13 bits per heavy atom. The minimum atomic E-state index is 0.371. The Morgan fingerprint density at radius 3 is 2.67 bits per heavy atom. The highest BCUT2D eigenvalue weighted by molar-refractivity contribution is 4.92. The minimum Gasteiger partial charge on any atom is -0.310 e. The molecule has 1 aliphatic heterocycles. The van der Waals surface area contributed by atoms with Crippen molar-refractivity contribution in [3.8, 4) is 0 Å². The molecule has 0 aromatic rings. The fourth-order valence-corrected chi connectivity index (χ4v) is 2.89. The molecule has 1 saturated carbocycles. The highest BCUT2D eigenvalue weighted by Gasteiger charge is 2.34. The van der Waals surface area contributed by atoms with Crippen LogP contribution in [0.4, 0.5) is 0 Å². The molecule has 0 bridgehead atoms. The fourth-order valence-electron chi connectivity index (χ4n) is 2.89. The molecule has 88 valence electrons. The number of piperidine rings is 1. The summed E-state index contributed by atoms with van der Waals surface area (Å²) in [7, 11) is 2.30. The molecule has 15 heavy (non-hydrogen) atoms. The van der Waals surface area contributed by atoms with Crippen LogP contribution in [0.25, 0.3) is 0 Å². The minimum absolute atomic E-state index is 0.371. The van der Waals surface area contributed by atoms with Crippen molar-refractivity contribution >= 4 is 0 Å². The zero-order valence-corrected chi connectivity index (χ0v) is 10.6. The van der Waals surface area contributed by atoms with Gasteiger partial charge in [0.15, 0.2) is 0 Å². The molecular formula is C13H26N2. The van der Waals surface area contributed by atoms with Crippen molar-refractivity contribution in [2.24, 2.45) is 5.92 Å². The zero-order valence-electron chi connectivity index (χ0n) is 10.6. The zero-order chi connectivity index (χ0) is 10.9. The second-order valence-electron chi connectivity index (χ2n) is 5.94. The standard InChI is InChI=1S/C13H26N2/c1-11(12-6-7-12)15(3)10-13(2)8-4-5-9-14-13/h11-12,14H,4-10H2,1-3H3. The van der Waals surface area contributed by atoms with Crippen LogP contribution in [0.2, 0.25) is 0 Å². The van der Waals surface area contributed by atoms with Gasteiger partial charge < -0.3 is 10.2 Å². The number of rotatable bonds is 4. The lowest BCUT2D eigenvalue weighted by Crippen LogP contribution is -2.54. The van der Waals surface area contributed by atoms with E-state index < -0.39 is 0 Å². The van der Waals surface area contributed by atoms with Crippen molar-refractivity contribution in [2.45, 2.75) is 57.5 Å². The second-order valence-corrected chi connectivity index (χ2v) is 5.94. The summed E-state index contributed by atoms with van der Waals surface area (Å²) in [5.74, 6) is 0.988. The van der Waals surface area contributed by atoms with Gasteiger partial charge in [0.05, 0.1) is 0 Å². The predicted molar refractivity (Wildman–Crippen MR) is 65.1 cm³/mol. The summed E-state index contributed by atoms with van der Waals surface area (Å²) >= 11 is 0. The van der Waals surface area contributed by atoms with Gasteiger partial charge in [-0.15, -0.1) is 0 Å². The number of hydrogen-bond donors (Lipinski definition) is 1. The molecule has 0 aromatic heterocycles. The van der Waals surface area contributed by atoms with Crippen LogP contribution >= 0.6 is 0 Å². The predicted octanol–water partition coefficient (Wildman–Crippen LogP) is 2.25. The average Bonchev–Trinajstić information content (AvgIpc) is 3.00. The van der Waals surface area contributed by atoms with E-state index in [9.17, 15) is 0 Å². The first-order valence-electron chi connectivity index (χ1n) is 6.56. The maximum Gasteiger partial charge on any atom is 0.0280 e. The number of hydrogen-bond acceptors (Lipinski definition) is 2. The van der Waals surface area contributed by atoms with Crippen LogP contribution in [0.3, 0.4) is 0 Å². The lowest BCUT2D eigenvalue weighted by Gasteiger charge is -2.40. The first-order chi connectivity index (χ1) is 7.11. The van der Waals surface area contributed by atoms with Crippen LogP contribution in [0.15, 0.2) is 0 Å². The molecule has 1 heterocycles. The third kappa shape index (κ3) is 2.94. The Hall–Kier alpha value is -0.0800. The first kappa shape index (κ1) is 11.4. The molecule has 2 unspecified atom stereocenters. The molecule has 1 saturated heterocycles. The van der Waals surface area contributed by atoms with E-state index >= 15 is 0 Å². The molecular weight excluding hydrogens is 184 g/mol. The van der Waals surface area contributed by atoms with Gasteiger partial charge in [-0.1, -0.05) is 6.42 Å². The molecule has 2 nitrogen and oxygen atoms in total. The van der Waals surface area contributed by atoms with Crippen LogP contribution in [0.5, 0.6) is 0 Å². The number of nitrogens with zero attached hydrogens (tertiary/aromatic N) is 1. The monoisotopic (exact) mass is 210 g/mol. The van der Waals surface area contributed by atoms with E-state index in [1.54, 1.807) is 0 Å². The van der Waals surface area contributed by atoms with E-state index in [4.69, 9.17) is 0 Å². The molecule has 0 aromatic carbocycles. The molecule has 2 aliphatic rings. The fraction of sp³-hybridized carbons (Fsp3) is 1.00. The topological polar surface area (TPSA) is 15.3 Å². The van der Waals surface area contributed by atoms with E-state index in [-0.39, 0.29) is 0 Å². The average molecular weight is 210 g/mol. The Kier molecular flexibility index (Phi) is 3.36. The second kappa shape index (κ2) is 4.42. The third-order valence-electron chi connectivity index (χ3n) is 4.30. The maximum absolute atomic E-state index is 3.70. The van der Waals surface area contributed by atoms with Crippen molar-refractivity contribution in [1.29, 1.82) is 0 Å². The van der Waals surface area contributed by atoms with Crippen molar-refractivity contribution in [3.63, 3.8) is 0 Å². The van der Waals surface area contributed by atoms with Crippen molar-refractivity contribution in [3.05, 3.63) is 0 Å². The first-order valence-corrected chi connectivity index (χ1v) is 6.56. The highest BCUT2D eigenvalue weighted by Crippen LogP contribution is 2.35. The van der Waals surface area contributed by atoms with E-state index in [1.807, 2.05) is 0 Å². The van der Waals surface area contributed by atoms with Gasteiger partial charge in [0.2, 0.25) is 0 Å². The van der Waals surface area contributed by atoms with Gasteiger partial charge in [0, 0.05) is 18.1 Å².